The molecule has 0 radical (unpaired) electrons. The van der Waals surface area contributed by atoms with Crippen molar-refractivity contribution in [2.24, 2.45) is 0 Å². The number of urea groups is 1. The Morgan fingerprint density at radius 1 is 1.09 bits per heavy atom. The molecule has 2 aromatic carbocycles. The van der Waals surface area contributed by atoms with Gasteiger partial charge in [-0.15, -0.1) is 11.3 Å². The van der Waals surface area contributed by atoms with Gasteiger partial charge in [-0.1, -0.05) is 0 Å². The van der Waals surface area contributed by atoms with Gasteiger partial charge in [-0.3, -0.25) is 14.3 Å². The number of rotatable bonds is 5. The second kappa shape index (κ2) is 8.93. The van der Waals surface area contributed by atoms with Crippen LogP contribution in [-0.4, -0.2) is 29.2 Å². The van der Waals surface area contributed by atoms with Crippen molar-refractivity contribution in [3.8, 4) is 5.75 Å². The number of amides is 4. The maximum Gasteiger partial charge on any atom is 0.331 e. The SMILES string of the molecule is COc1ccc2c(c1)CC(=O)N(c1ccc(NC(=O)NS(=O)c3ccc(C)s3)cc1)C2=O. The molecule has 0 fully saturated rings. The van der Waals surface area contributed by atoms with E-state index >= 15 is 0 Å². The lowest BCUT2D eigenvalue weighted by atomic mass is 9.97. The summed E-state index contributed by atoms with van der Waals surface area (Å²) in [5, 5.41) is 2.59. The van der Waals surface area contributed by atoms with Crippen LogP contribution in [0, 0.1) is 6.92 Å². The van der Waals surface area contributed by atoms with Crippen LogP contribution in [0.25, 0.3) is 0 Å². The number of hydrogen-bond acceptors (Lipinski definition) is 6. The largest absolute Gasteiger partial charge is 0.497 e. The number of imide groups is 1. The molecule has 2 heterocycles. The second-order valence-electron chi connectivity index (χ2n) is 6.97. The number of aryl methyl sites for hydroxylation is 1. The highest BCUT2D eigenvalue weighted by atomic mass is 32.2. The highest BCUT2D eigenvalue weighted by Crippen LogP contribution is 2.29. The van der Waals surface area contributed by atoms with Gasteiger partial charge in [0.15, 0.2) is 11.0 Å². The summed E-state index contributed by atoms with van der Waals surface area (Å²) in [6.45, 7) is 1.89. The average molecular weight is 470 g/mol. The molecule has 4 rings (SSSR count). The summed E-state index contributed by atoms with van der Waals surface area (Å²) in [6.07, 6.45) is 0.0781. The smallest absolute Gasteiger partial charge is 0.331 e. The van der Waals surface area contributed by atoms with Crippen molar-refractivity contribution in [2.75, 3.05) is 17.3 Å². The van der Waals surface area contributed by atoms with E-state index in [1.165, 1.54) is 18.4 Å². The minimum absolute atomic E-state index is 0.0781. The zero-order valence-corrected chi connectivity index (χ0v) is 18.8. The Labute approximate surface area is 190 Å². The van der Waals surface area contributed by atoms with Gasteiger partial charge < -0.3 is 10.1 Å². The fraction of sp³-hybridized carbons (Fsp3) is 0.136. The van der Waals surface area contributed by atoms with Crippen molar-refractivity contribution < 1.29 is 23.3 Å². The summed E-state index contributed by atoms with van der Waals surface area (Å²) in [7, 11) is -0.133. The number of nitrogens with zero attached hydrogens (tertiary/aromatic N) is 1. The van der Waals surface area contributed by atoms with E-state index in [2.05, 4.69) is 10.0 Å². The fourth-order valence-corrected chi connectivity index (χ4v) is 5.21. The molecular weight excluding hydrogens is 450 g/mol. The van der Waals surface area contributed by atoms with Crippen molar-refractivity contribution in [3.63, 3.8) is 0 Å². The highest BCUT2D eigenvalue weighted by Gasteiger charge is 2.32. The van der Waals surface area contributed by atoms with Crippen molar-refractivity contribution in [1.29, 1.82) is 0 Å². The standard InChI is InChI=1S/C22H19N3O5S2/c1-13-3-10-20(31-13)32(29)24-22(28)23-15-4-6-16(7-5-15)25-19(26)12-14-11-17(30-2)8-9-18(14)21(25)27/h3-11H,12H2,1-2H3,(H2,23,24,28). The van der Waals surface area contributed by atoms with E-state index in [9.17, 15) is 18.6 Å². The molecular formula is C22H19N3O5S2. The Kier molecular flexibility index (Phi) is 6.06. The predicted octanol–water partition coefficient (Wildman–Crippen LogP) is 3.64. The van der Waals surface area contributed by atoms with Crippen molar-refractivity contribution >= 4 is 51.5 Å². The maximum atomic E-state index is 12.9. The summed E-state index contributed by atoms with van der Waals surface area (Å²) in [5.74, 6) is -0.184. The Bertz CT molecular complexity index is 1240. The van der Waals surface area contributed by atoms with Crippen LogP contribution in [0.1, 0.15) is 20.8 Å². The van der Waals surface area contributed by atoms with Gasteiger partial charge in [-0.05, 0) is 67.1 Å². The Morgan fingerprint density at radius 3 is 2.50 bits per heavy atom. The van der Waals surface area contributed by atoms with Crippen LogP contribution in [0.4, 0.5) is 16.2 Å². The first-order chi connectivity index (χ1) is 15.4. The van der Waals surface area contributed by atoms with Gasteiger partial charge in [0.1, 0.15) is 9.96 Å². The normalized spacial score (nSPS) is 14.0. The van der Waals surface area contributed by atoms with E-state index < -0.39 is 22.9 Å². The summed E-state index contributed by atoms with van der Waals surface area (Å²) >= 11 is 1.34. The van der Waals surface area contributed by atoms with E-state index in [1.54, 1.807) is 48.5 Å². The molecule has 1 unspecified atom stereocenters. The number of methoxy groups -OCH3 is 1. The number of nitrogens with one attached hydrogen (secondary N) is 2. The van der Waals surface area contributed by atoms with Crippen molar-refractivity contribution in [1.82, 2.24) is 4.72 Å². The summed E-state index contributed by atoms with van der Waals surface area (Å²) in [6, 6.07) is 14.2. The van der Waals surface area contributed by atoms with Crippen LogP contribution < -0.4 is 19.7 Å². The van der Waals surface area contributed by atoms with Gasteiger partial charge in [0, 0.05) is 16.1 Å². The molecule has 0 saturated heterocycles. The Hall–Kier alpha value is -3.50. The zero-order valence-electron chi connectivity index (χ0n) is 17.2. The zero-order chi connectivity index (χ0) is 22.8. The number of ether oxygens (including phenoxy) is 1. The van der Waals surface area contributed by atoms with E-state index in [0.29, 0.717) is 32.5 Å². The van der Waals surface area contributed by atoms with E-state index in [0.717, 1.165) is 9.78 Å². The molecule has 0 bridgehead atoms. The molecule has 32 heavy (non-hydrogen) atoms. The quantitative estimate of drug-likeness (QED) is 0.555. The highest BCUT2D eigenvalue weighted by molar-refractivity contribution is 7.86. The van der Waals surface area contributed by atoms with Gasteiger partial charge >= 0.3 is 6.03 Å². The van der Waals surface area contributed by atoms with Crippen LogP contribution in [0.15, 0.2) is 58.8 Å². The lowest BCUT2D eigenvalue weighted by molar-refractivity contribution is -0.117. The van der Waals surface area contributed by atoms with Crippen molar-refractivity contribution in [3.05, 3.63) is 70.6 Å². The maximum absolute atomic E-state index is 12.9. The van der Waals surface area contributed by atoms with Crippen LogP contribution in [0.3, 0.4) is 0 Å². The van der Waals surface area contributed by atoms with Crippen LogP contribution in [-0.2, 0) is 22.2 Å². The minimum atomic E-state index is -1.66. The molecule has 1 aliphatic rings. The molecule has 2 N–H and O–H groups in total. The summed E-state index contributed by atoms with van der Waals surface area (Å²) < 4.78 is 20.3. The lowest BCUT2D eigenvalue weighted by Crippen LogP contribution is -2.42. The minimum Gasteiger partial charge on any atom is -0.497 e. The number of carbonyl (C=O) groups excluding carboxylic acids is 3. The summed E-state index contributed by atoms with van der Waals surface area (Å²) in [4.78, 5) is 39.8. The fourth-order valence-electron chi connectivity index (χ4n) is 3.29. The first-order valence-electron chi connectivity index (χ1n) is 9.56. The molecule has 10 heteroatoms. The third-order valence-electron chi connectivity index (χ3n) is 4.80. The van der Waals surface area contributed by atoms with E-state index in [1.807, 2.05) is 13.0 Å². The Balaban J connectivity index is 1.45. The molecule has 0 spiro atoms. The molecule has 1 aliphatic heterocycles. The molecule has 8 nitrogen and oxygen atoms in total. The third kappa shape index (κ3) is 4.41. The van der Waals surface area contributed by atoms with Crippen molar-refractivity contribution in [2.45, 2.75) is 17.6 Å². The van der Waals surface area contributed by atoms with Crippen LogP contribution in [0.5, 0.6) is 5.75 Å². The molecule has 3 aromatic rings. The van der Waals surface area contributed by atoms with E-state index in [4.69, 9.17) is 4.74 Å². The first-order valence-corrected chi connectivity index (χ1v) is 11.5. The molecule has 0 aliphatic carbocycles. The number of benzene rings is 2. The first kappa shape index (κ1) is 21.7. The number of hydrogen-bond donors (Lipinski definition) is 2. The van der Waals surface area contributed by atoms with Crippen LogP contribution >= 0.6 is 11.3 Å². The third-order valence-corrected chi connectivity index (χ3v) is 7.18. The number of fused-ring (bicyclic) bond motifs is 1. The van der Waals surface area contributed by atoms with Crippen LogP contribution in [0.2, 0.25) is 0 Å². The lowest BCUT2D eigenvalue weighted by Gasteiger charge is -2.27. The Morgan fingerprint density at radius 2 is 1.84 bits per heavy atom. The molecule has 4 amide bonds. The molecule has 164 valence electrons. The van der Waals surface area contributed by atoms with Gasteiger partial charge in [0.2, 0.25) is 5.91 Å². The van der Waals surface area contributed by atoms with Gasteiger partial charge in [-0.2, -0.15) is 0 Å². The number of thiophene rings is 1. The molecule has 1 atom stereocenters. The second-order valence-corrected chi connectivity index (χ2v) is 9.70. The monoisotopic (exact) mass is 469 g/mol. The number of anilines is 2. The average Bonchev–Trinajstić information content (AvgIpc) is 3.21. The van der Waals surface area contributed by atoms with E-state index in [-0.39, 0.29) is 12.3 Å². The topological polar surface area (TPSA) is 105 Å². The predicted molar refractivity (Wildman–Crippen MR) is 123 cm³/mol. The molecule has 1 aromatic heterocycles. The van der Waals surface area contributed by atoms with Gasteiger partial charge in [0.25, 0.3) is 5.91 Å². The molecule has 0 saturated carbocycles. The van der Waals surface area contributed by atoms with Gasteiger partial charge in [0.05, 0.1) is 19.2 Å². The summed E-state index contributed by atoms with van der Waals surface area (Å²) in [5.41, 5.74) is 1.88. The number of carbonyl (C=O) groups is 3. The van der Waals surface area contributed by atoms with Gasteiger partial charge in [-0.25, -0.2) is 13.9 Å².